The third kappa shape index (κ3) is 3.56. The second-order valence-corrected chi connectivity index (χ2v) is 5.15. The van der Waals surface area contributed by atoms with E-state index in [4.69, 9.17) is 4.74 Å². The van der Waals surface area contributed by atoms with E-state index >= 15 is 0 Å². The molecule has 2 aliphatic rings. The van der Waals surface area contributed by atoms with Crippen molar-refractivity contribution in [3.05, 3.63) is 12.2 Å². The van der Waals surface area contributed by atoms with Gasteiger partial charge in [0.15, 0.2) is 0 Å². The largest absolute Gasteiger partial charge is 0.466 e. The lowest BCUT2D eigenvalue weighted by Crippen LogP contribution is -2.26. The zero-order valence-corrected chi connectivity index (χ0v) is 10.7. The van der Waals surface area contributed by atoms with Gasteiger partial charge in [-0.3, -0.25) is 4.79 Å². The van der Waals surface area contributed by atoms with Crippen LogP contribution in [0.4, 0.5) is 0 Å². The van der Waals surface area contributed by atoms with Crippen LogP contribution in [0.3, 0.4) is 0 Å². The number of rotatable bonds is 7. The van der Waals surface area contributed by atoms with E-state index in [0.717, 1.165) is 37.3 Å². The summed E-state index contributed by atoms with van der Waals surface area (Å²) < 4.78 is 4.89. The third-order valence-electron chi connectivity index (χ3n) is 3.86. The Morgan fingerprint density at radius 3 is 2.94 bits per heavy atom. The van der Waals surface area contributed by atoms with Crippen LogP contribution >= 0.6 is 0 Å². The second-order valence-electron chi connectivity index (χ2n) is 5.15. The van der Waals surface area contributed by atoms with Crippen molar-refractivity contribution in [2.45, 2.75) is 32.6 Å². The van der Waals surface area contributed by atoms with Crippen LogP contribution in [0.5, 0.6) is 0 Å². The zero-order valence-electron chi connectivity index (χ0n) is 10.7. The number of hydrogen-bond donors (Lipinski definition) is 1. The first kappa shape index (κ1) is 12.6. The summed E-state index contributed by atoms with van der Waals surface area (Å²) in [6.45, 7) is 4.37. The molecule has 2 rings (SSSR count). The van der Waals surface area contributed by atoms with E-state index < -0.39 is 0 Å². The predicted molar refractivity (Wildman–Crippen MR) is 67.6 cm³/mol. The highest BCUT2D eigenvalue weighted by Gasteiger charge is 2.34. The van der Waals surface area contributed by atoms with Gasteiger partial charge in [-0.2, -0.15) is 0 Å². The third-order valence-corrected chi connectivity index (χ3v) is 3.86. The van der Waals surface area contributed by atoms with Crippen molar-refractivity contribution in [3.63, 3.8) is 0 Å². The summed E-state index contributed by atoms with van der Waals surface area (Å²) in [7, 11) is 0. The van der Waals surface area contributed by atoms with Crippen LogP contribution in [-0.2, 0) is 9.53 Å². The molecular weight excluding hydrogens is 214 g/mol. The van der Waals surface area contributed by atoms with Crippen LogP contribution in [0.2, 0.25) is 0 Å². The van der Waals surface area contributed by atoms with Gasteiger partial charge in [0.25, 0.3) is 0 Å². The quantitative estimate of drug-likeness (QED) is 0.419. The topological polar surface area (TPSA) is 38.3 Å². The van der Waals surface area contributed by atoms with Crippen molar-refractivity contribution in [1.29, 1.82) is 0 Å². The molecule has 1 fully saturated rings. The van der Waals surface area contributed by atoms with Gasteiger partial charge in [-0.05, 0) is 57.0 Å². The molecule has 0 aliphatic heterocycles. The van der Waals surface area contributed by atoms with E-state index in [1.54, 1.807) is 0 Å². The predicted octanol–water partition coefficient (Wildman–Crippen LogP) is 2.13. The van der Waals surface area contributed by atoms with E-state index in [2.05, 4.69) is 17.5 Å². The summed E-state index contributed by atoms with van der Waals surface area (Å²) in [4.78, 5) is 11.1. The second kappa shape index (κ2) is 6.20. The van der Waals surface area contributed by atoms with Crippen LogP contribution in [0.15, 0.2) is 12.2 Å². The summed E-state index contributed by atoms with van der Waals surface area (Å²) >= 11 is 0. The van der Waals surface area contributed by atoms with E-state index in [1.807, 2.05) is 6.92 Å². The Labute approximate surface area is 104 Å². The van der Waals surface area contributed by atoms with Crippen LogP contribution in [0, 0.1) is 17.8 Å². The fourth-order valence-corrected chi connectivity index (χ4v) is 3.01. The Kier molecular flexibility index (Phi) is 4.60. The molecule has 3 unspecified atom stereocenters. The fourth-order valence-electron chi connectivity index (χ4n) is 3.01. The Hall–Kier alpha value is -0.830. The molecule has 2 aliphatic carbocycles. The summed E-state index contributed by atoms with van der Waals surface area (Å²) in [6.07, 6.45) is 8.91. The number of hydrogen-bond acceptors (Lipinski definition) is 3. The number of ether oxygens (including phenoxy) is 1. The molecule has 17 heavy (non-hydrogen) atoms. The Morgan fingerprint density at radius 1 is 1.41 bits per heavy atom. The fraction of sp³-hybridized carbons (Fsp3) is 0.786. The number of nitrogens with one attached hydrogen (secondary N) is 1. The maximum absolute atomic E-state index is 11.1. The minimum Gasteiger partial charge on any atom is -0.466 e. The molecule has 3 nitrogen and oxygen atoms in total. The highest BCUT2D eigenvalue weighted by molar-refractivity contribution is 5.69. The first-order valence-corrected chi connectivity index (χ1v) is 6.84. The number of carbonyl (C=O) groups excluding carboxylic acids is 1. The molecule has 96 valence electrons. The van der Waals surface area contributed by atoms with Crippen molar-refractivity contribution >= 4 is 5.97 Å². The van der Waals surface area contributed by atoms with Crippen molar-refractivity contribution in [3.8, 4) is 0 Å². The molecule has 3 heteroatoms. The summed E-state index contributed by atoms with van der Waals surface area (Å²) in [5.41, 5.74) is 0. The average molecular weight is 237 g/mol. The monoisotopic (exact) mass is 237 g/mol. The summed E-state index contributed by atoms with van der Waals surface area (Å²) in [6, 6.07) is 0. The average Bonchev–Trinajstić information content (AvgIpc) is 2.91. The number of allylic oxidation sites excluding steroid dienone is 2. The van der Waals surface area contributed by atoms with Crippen LogP contribution < -0.4 is 5.32 Å². The van der Waals surface area contributed by atoms with Crippen molar-refractivity contribution in [1.82, 2.24) is 5.32 Å². The van der Waals surface area contributed by atoms with Gasteiger partial charge in [0.05, 0.1) is 6.61 Å². The smallest absolute Gasteiger partial charge is 0.305 e. The van der Waals surface area contributed by atoms with Gasteiger partial charge < -0.3 is 10.1 Å². The van der Waals surface area contributed by atoms with Crippen molar-refractivity contribution in [2.24, 2.45) is 17.8 Å². The zero-order chi connectivity index (χ0) is 12.1. The molecule has 1 saturated carbocycles. The van der Waals surface area contributed by atoms with E-state index in [0.29, 0.717) is 13.0 Å². The molecule has 0 aromatic heterocycles. The van der Waals surface area contributed by atoms with Crippen LogP contribution in [0.25, 0.3) is 0 Å². The lowest BCUT2D eigenvalue weighted by molar-refractivity contribution is -0.143. The van der Waals surface area contributed by atoms with E-state index in [-0.39, 0.29) is 5.97 Å². The molecular formula is C14H23NO2. The Morgan fingerprint density at radius 2 is 2.29 bits per heavy atom. The molecule has 0 spiro atoms. The first-order valence-electron chi connectivity index (χ1n) is 6.84. The number of carbonyl (C=O) groups is 1. The normalized spacial score (nSPS) is 29.8. The van der Waals surface area contributed by atoms with Gasteiger partial charge in [0, 0.05) is 6.42 Å². The maximum atomic E-state index is 11.1. The van der Waals surface area contributed by atoms with E-state index in [9.17, 15) is 4.79 Å². The van der Waals surface area contributed by atoms with Gasteiger partial charge in [0.1, 0.15) is 0 Å². The minimum atomic E-state index is -0.0721. The van der Waals surface area contributed by atoms with Crippen LogP contribution in [-0.4, -0.2) is 25.7 Å². The molecule has 3 atom stereocenters. The molecule has 0 aromatic carbocycles. The number of esters is 1. The molecule has 0 heterocycles. The maximum Gasteiger partial charge on any atom is 0.305 e. The molecule has 2 bridgehead atoms. The highest BCUT2D eigenvalue weighted by Crippen LogP contribution is 2.42. The Bertz CT molecular complexity index is 288. The van der Waals surface area contributed by atoms with Crippen molar-refractivity contribution < 1.29 is 9.53 Å². The standard InChI is InChI=1S/C14H23NO2/c1-2-17-14(16)4-3-7-15-10-13-9-11-5-6-12(13)8-11/h5-6,11-13,15H,2-4,7-10H2,1H3. The molecule has 0 amide bonds. The van der Waals surface area contributed by atoms with Crippen LogP contribution in [0.1, 0.15) is 32.6 Å². The lowest BCUT2D eigenvalue weighted by Gasteiger charge is -2.18. The molecule has 0 radical (unpaired) electrons. The summed E-state index contributed by atoms with van der Waals surface area (Å²) in [5.74, 6) is 2.42. The van der Waals surface area contributed by atoms with Gasteiger partial charge in [0.2, 0.25) is 0 Å². The molecule has 0 aromatic rings. The summed E-state index contributed by atoms with van der Waals surface area (Å²) in [5, 5.41) is 3.47. The molecule has 0 saturated heterocycles. The van der Waals surface area contributed by atoms with Crippen molar-refractivity contribution in [2.75, 3.05) is 19.7 Å². The lowest BCUT2D eigenvalue weighted by atomic mass is 9.93. The SMILES string of the molecule is CCOC(=O)CCCNCC1CC2C=CC1C2. The van der Waals surface area contributed by atoms with E-state index in [1.165, 1.54) is 12.8 Å². The van der Waals surface area contributed by atoms with Gasteiger partial charge >= 0.3 is 5.97 Å². The first-order chi connectivity index (χ1) is 8.29. The molecule has 1 N–H and O–H groups in total. The van der Waals surface area contributed by atoms with Gasteiger partial charge in [-0.15, -0.1) is 0 Å². The minimum absolute atomic E-state index is 0.0721. The number of fused-ring (bicyclic) bond motifs is 2. The Balaban J connectivity index is 1.50. The van der Waals surface area contributed by atoms with Gasteiger partial charge in [-0.1, -0.05) is 12.2 Å². The van der Waals surface area contributed by atoms with Gasteiger partial charge in [-0.25, -0.2) is 0 Å². The highest BCUT2D eigenvalue weighted by atomic mass is 16.5.